The van der Waals surface area contributed by atoms with Crippen LogP contribution in [0.25, 0.3) is 0 Å². The maximum absolute atomic E-state index is 2.42. The van der Waals surface area contributed by atoms with Crippen molar-refractivity contribution in [3.05, 3.63) is 84.2 Å². The standard InChI is InChI=1S/C19H22N2.ClH/c1-16(18-9-5-3-6-10-18)20-13-14-21(15-20)17(2)19-11-7-4-8-12-19;/h3-14,16-17H,15H2,1-2H3;1H/t16-,17-;/m0./s1. The summed E-state index contributed by atoms with van der Waals surface area (Å²) in [7, 11) is 0. The number of nitrogens with one attached hydrogen (secondary N) is 1. The fourth-order valence-corrected chi connectivity index (χ4v) is 2.93. The van der Waals surface area contributed by atoms with E-state index in [9.17, 15) is 0 Å². The van der Waals surface area contributed by atoms with E-state index in [0.29, 0.717) is 12.1 Å². The second-order valence-electron chi connectivity index (χ2n) is 5.78. The number of hydrogen-bond donors (Lipinski definition) is 1. The maximum atomic E-state index is 2.42. The van der Waals surface area contributed by atoms with Gasteiger partial charge in [-0.25, -0.2) is 0 Å². The molecule has 2 aromatic rings. The van der Waals surface area contributed by atoms with Crippen LogP contribution in [0.5, 0.6) is 0 Å². The Bertz CT molecular complexity index is 544. The minimum absolute atomic E-state index is 0. The molecule has 2 nitrogen and oxygen atoms in total. The van der Waals surface area contributed by atoms with E-state index in [2.05, 4.69) is 91.8 Å². The minimum atomic E-state index is 0. The Morgan fingerprint density at radius 3 is 2.00 bits per heavy atom. The molecule has 1 unspecified atom stereocenters. The van der Waals surface area contributed by atoms with E-state index >= 15 is 0 Å². The molecule has 0 aromatic heterocycles. The van der Waals surface area contributed by atoms with Crippen LogP contribution in [-0.2, 0) is 0 Å². The minimum Gasteiger partial charge on any atom is -1.00 e. The Kier molecular flexibility index (Phi) is 5.64. The van der Waals surface area contributed by atoms with Gasteiger partial charge in [0.2, 0.25) is 0 Å². The number of nitrogens with zero attached hydrogens (tertiary/aromatic N) is 1. The van der Waals surface area contributed by atoms with Gasteiger partial charge in [-0.3, -0.25) is 4.90 Å². The normalized spacial score (nSPS) is 19.5. The molecule has 0 fully saturated rings. The molecule has 3 rings (SSSR count). The molecule has 3 heteroatoms. The van der Waals surface area contributed by atoms with Gasteiger partial charge in [-0.1, -0.05) is 60.7 Å². The average molecular weight is 315 g/mol. The molecule has 1 aliphatic rings. The zero-order valence-corrected chi connectivity index (χ0v) is 13.9. The Morgan fingerprint density at radius 2 is 1.41 bits per heavy atom. The van der Waals surface area contributed by atoms with Gasteiger partial charge in [0, 0.05) is 5.56 Å². The Balaban J connectivity index is 0.00000176. The first kappa shape index (κ1) is 16.6. The van der Waals surface area contributed by atoms with Crippen molar-refractivity contribution in [1.29, 1.82) is 0 Å². The second-order valence-corrected chi connectivity index (χ2v) is 5.78. The van der Waals surface area contributed by atoms with Crippen LogP contribution in [-0.4, -0.2) is 11.6 Å². The highest BCUT2D eigenvalue weighted by Gasteiger charge is 2.27. The van der Waals surface area contributed by atoms with Crippen LogP contribution in [0.4, 0.5) is 0 Å². The molecule has 1 heterocycles. The monoisotopic (exact) mass is 314 g/mol. The van der Waals surface area contributed by atoms with Crippen molar-refractivity contribution >= 4 is 0 Å². The van der Waals surface area contributed by atoms with Crippen molar-refractivity contribution in [2.75, 3.05) is 6.67 Å². The van der Waals surface area contributed by atoms with E-state index in [1.54, 1.807) is 0 Å². The zero-order chi connectivity index (χ0) is 14.7. The van der Waals surface area contributed by atoms with Gasteiger partial charge >= 0.3 is 0 Å². The van der Waals surface area contributed by atoms with E-state index in [4.69, 9.17) is 0 Å². The number of hydrogen-bond acceptors (Lipinski definition) is 1. The lowest BCUT2D eigenvalue weighted by Crippen LogP contribution is -3.07. The smallest absolute Gasteiger partial charge is 0.157 e. The van der Waals surface area contributed by atoms with E-state index < -0.39 is 0 Å². The highest BCUT2D eigenvalue weighted by molar-refractivity contribution is 5.19. The summed E-state index contributed by atoms with van der Waals surface area (Å²) < 4.78 is 0. The van der Waals surface area contributed by atoms with Gasteiger partial charge in [-0.2, -0.15) is 0 Å². The second kappa shape index (κ2) is 7.48. The molecule has 0 radical (unpaired) electrons. The summed E-state index contributed by atoms with van der Waals surface area (Å²) in [6.45, 7) is 5.59. The van der Waals surface area contributed by atoms with Crippen molar-refractivity contribution in [2.45, 2.75) is 25.9 Å². The van der Waals surface area contributed by atoms with Crippen molar-refractivity contribution in [3.8, 4) is 0 Å². The molecule has 0 amide bonds. The van der Waals surface area contributed by atoms with Crippen LogP contribution < -0.4 is 17.3 Å². The van der Waals surface area contributed by atoms with E-state index in [1.807, 2.05) is 0 Å². The Morgan fingerprint density at radius 1 is 0.864 bits per heavy atom. The molecule has 3 atom stereocenters. The molecule has 0 saturated heterocycles. The molecule has 22 heavy (non-hydrogen) atoms. The molecule has 0 bridgehead atoms. The lowest BCUT2D eigenvalue weighted by atomic mass is 10.1. The molecule has 0 saturated carbocycles. The van der Waals surface area contributed by atoms with Crippen molar-refractivity contribution in [1.82, 2.24) is 4.90 Å². The highest BCUT2D eigenvalue weighted by Crippen LogP contribution is 2.20. The van der Waals surface area contributed by atoms with Crippen LogP contribution >= 0.6 is 0 Å². The molecular formula is C19H23ClN2. The third kappa shape index (κ3) is 3.52. The Hall–Kier alpha value is -1.77. The summed E-state index contributed by atoms with van der Waals surface area (Å²) in [5, 5.41) is 0. The topological polar surface area (TPSA) is 7.68 Å². The van der Waals surface area contributed by atoms with Crippen LogP contribution in [0.3, 0.4) is 0 Å². The Labute approximate surface area is 139 Å². The van der Waals surface area contributed by atoms with Gasteiger partial charge in [-0.05, 0) is 19.4 Å². The van der Waals surface area contributed by atoms with Gasteiger partial charge in [0.25, 0.3) is 0 Å². The SMILES string of the molecule is C[C@@H](c1ccccc1)N1C=C[NH+]([C@@H](C)c2ccccc2)C1.[Cl-]. The molecule has 116 valence electrons. The molecule has 0 spiro atoms. The van der Waals surface area contributed by atoms with Gasteiger partial charge < -0.3 is 17.3 Å². The van der Waals surface area contributed by atoms with Crippen LogP contribution in [0, 0.1) is 0 Å². The predicted octanol–water partition coefficient (Wildman–Crippen LogP) is 0.142. The number of benzene rings is 2. The summed E-state index contributed by atoms with van der Waals surface area (Å²) in [5.74, 6) is 0. The summed E-state index contributed by atoms with van der Waals surface area (Å²) in [6.07, 6.45) is 4.53. The molecule has 0 aliphatic carbocycles. The first-order valence-corrected chi connectivity index (χ1v) is 7.65. The molecule has 2 aromatic carbocycles. The molecular weight excluding hydrogens is 292 g/mol. The van der Waals surface area contributed by atoms with E-state index in [1.165, 1.54) is 16.0 Å². The summed E-state index contributed by atoms with van der Waals surface area (Å²) in [6, 6.07) is 22.4. The quantitative estimate of drug-likeness (QED) is 0.844. The summed E-state index contributed by atoms with van der Waals surface area (Å²) in [5.41, 5.74) is 2.77. The number of halogens is 1. The molecule has 1 N–H and O–H groups in total. The largest absolute Gasteiger partial charge is 1.00 e. The highest BCUT2D eigenvalue weighted by atomic mass is 35.5. The fourth-order valence-electron chi connectivity index (χ4n) is 2.93. The van der Waals surface area contributed by atoms with E-state index in [0.717, 1.165) is 6.67 Å². The number of rotatable bonds is 4. The van der Waals surface area contributed by atoms with Crippen LogP contribution in [0.15, 0.2) is 73.1 Å². The van der Waals surface area contributed by atoms with Gasteiger partial charge in [0.1, 0.15) is 12.2 Å². The third-order valence-electron chi connectivity index (χ3n) is 4.48. The van der Waals surface area contributed by atoms with Gasteiger partial charge in [0.15, 0.2) is 6.67 Å². The van der Waals surface area contributed by atoms with Crippen molar-refractivity contribution in [2.24, 2.45) is 0 Å². The first-order valence-electron chi connectivity index (χ1n) is 7.65. The van der Waals surface area contributed by atoms with E-state index in [-0.39, 0.29) is 12.4 Å². The lowest BCUT2D eigenvalue weighted by molar-refractivity contribution is -0.881. The lowest BCUT2D eigenvalue weighted by Gasteiger charge is -2.26. The summed E-state index contributed by atoms with van der Waals surface area (Å²) >= 11 is 0. The van der Waals surface area contributed by atoms with Gasteiger partial charge in [0.05, 0.1) is 12.2 Å². The molecule has 1 aliphatic heterocycles. The van der Waals surface area contributed by atoms with Gasteiger partial charge in [-0.15, -0.1) is 0 Å². The summed E-state index contributed by atoms with van der Waals surface area (Å²) in [4.78, 5) is 3.91. The average Bonchev–Trinajstić information content (AvgIpc) is 3.05. The third-order valence-corrected chi connectivity index (χ3v) is 4.48. The first-order chi connectivity index (χ1) is 10.3. The predicted molar refractivity (Wildman–Crippen MR) is 86.5 cm³/mol. The van der Waals surface area contributed by atoms with Crippen LogP contribution in [0.1, 0.15) is 37.1 Å². The zero-order valence-electron chi connectivity index (χ0n) is 13.1. The fraction of sp³-hybridized carbons (Fsp3) is 0.263. The van der Waals surface area contributed by atoms with Crippen LogP contribution in [0.2, 0.25) is 0 Å². The van der Waals surface area contributed by atoms with Crippen molar-refractivity contribution < 1.29 is 17.3 Å². The van der Waals surface area contributed by atoms with Crippen molar-refractivity contribution in [3.63, 3.8) is 0 Å². The maximum Gasteiger partial charge on any atom is 0.157 e. The number of quaternary nitrogens is 1.